The highest BCUT2D eigenvalue weighted by Gasteiger charge is 1.97. The second-order valence-corrected chi connectivity index (χ2v) is 4.95. The van der Waals surface area contributed by atoms with Gasteiger partial charge < -0.3 is 9.88 Å². The van der Waals surface area contributed by atoms with Gasteiger partial charge in [-0.3, -0.25) is 0 Å². The molecule has 5 heteroatoms. The smallest absolute Gasteiger partial charge is 0.0945 e. The van der Waals surface area contributed by atoms with Gasteiger partial charge in [-0.1, -0.05) is 12.1 Å². The summed E-state index contributed by atoms with van der Waals surface area (Å²) in [5.41, 5.74) is 2.37. The minimum atomic E-state index is 0.892. The molecule has 108 valence electrons. The first-order valence-electron chi connectivity index (χ1n) is 7.17. The molecule has 5 nitrogen and oxygen atoms in total. The number of hydrogen-bond donors (Lipinski definition) is 1. The van der Waals surface area contributed by atoms with Crippen LogP contribution in [0.5, 0.6) is 0 Å². The van der Waals surface area contributed by atoms with Crippen molar-refractivity contribution in [3.63, 3.8) is 0 Å². The predicted molar refractivity (Wildman–Crippen MR) is 82.1 cm³/mol. The lowest BCUT2D eigenvalue weighted by molar-refractivity contribution is 0.580. The van der Waals surface area contributed by atoms with E-state index in [1.165, 1.54) is 5.56 Å². The van der Waals surface area contributed by atoms with Gasteiger partial charge in [0, 0.05) is 37.9 Å². The lowest BCUT2D eigenvalue weighted by Crippen LogP contribution is -2.16. The van der Waals surface area contributed by atoms with E-state index in [1.54, 1.807) is 6.20 Å². The van der Waals surface area contributed by atoms with Crippen molar-refractivity contribution in [3.05, 3.63) is 67.0 Å². The van der Waals surface area contributed by atoms with Gasteiger partial charge in [-0.05, 0) is 36.7 Å². The van der Waals surface area contributed by atoms with Gasteiger partial charge in [0.05, 0.1) is 12.0 Å². The van der Waals surface area contributed by atoms with Crippen LogP contribution in [0.3, 0.4) is 0 Å². The van der Waals surface area contributed by atoms with Crippen molar-refractivity contribution in [3.8, 4) is 5.69 Å². The average Bonchev–Trinajstić information content (AvgIpc) is 3.21. The van der Waals surface area contributed by atoms with E-state index in [-0.39, 0.29) is 0 Å². The summed E-state index contributed by atoms with van der Waals surface area (Å²) in [4.78, 5) is 4.03. The molecule has 0 aliphatic heterocycles. The van der Waals surface area contributed by atoms with Gasteiger partial charge in [0.15, 0.2) is 0 Å². The van der Waals surface area contributed by atoms with E-state index >= 15 is 0 Å². The van der Waals surface area contributed by atoms with Crippen LogP contribution < -0.4 is 5.32 Å². The van der Waals surface area contributed by atoms with Gasteiger partial charge in [-0.2, -0.15) is 5.10 Å². The van der Waals surface area contributed by atoms with Crippen LogP contribution in [0.4, 0.5) is 0 Å². The molecule has 3 rings (SSSR count). The molecule has 21 heavy (non-hydrogen) atoms. The van der Waals surface area contributed by atoms with Crippen molar-refractivity contribution in [2.75, 3.05) is 6.54 Å². The minimum absolute atomic E-state index is 0.892. The van der Waals surface area contributed by atoms with E-state index in [2.05, 4.69) is 44.2 Å². The summed E-state index contributed by atoms with van der Waals surface area (Å²) in [5.74, 6) is 0. The van der Waals surface area contributed by atoms with Gasteiger partial charge >= 0.3 is 0 Å². The molecule has 0 aliphatic carbocycles. The maximum absolute atomic E-state index is 4.22. The first-order valence-corrected chi connectivity index (χ1v) is 7.17. The highest BCUT2D eigenvalue weighted by molar-refractivity contribution is 5.33. The normalized spacial score (nSPS) is 10.9. The van der Waals surface area contributed by atoms with Crippen LogP contribution in [-0.4, -0.2) is 25.9 Å². The van der Waals surface area contributed by atoms with Crippen LogP contribution in [0.15, 0.2) is 61.4 Å². The maximum atomic E-state index is 4.22. The third-order valence-electron chi connectivity index (χ3n) is 3.36. The van der Waals surface area contributed by atoms with Gasteiger partial charge in [-0.25, -0.2) is 9.67 Å². The molecule has 0 radical (unpaired) electrons. The Balaban J connectivity index is 1.41. The standard InChI is InChI=1S/C16H19N5/c1(10-20-12-9-18-14-20)7-17-13-15-3-5-16(6-4-15)21-11-2-8-19-21/h2-6,8-9,11-12,14,17H,1,7,10,13H2. The number of rotatable bonds is 7. The van der Waals surface area contributed by atoms with Crippen LogP contribution in [0.25, 0.3) is 5.69 Å². The second-order valence-electron chi connectivity index (χ2n) is 4.95. The third-order valence-corrected chi connectivity index (χ3v) is 3.36. The van der Waals surface area contributed by atoms with Gasteiger partial charge in [0.25, 0.3) is 0 Å². The van der Waals surface area contributed by atoms with Crippen LogP contribution in [0.2, 0.25) is 0 Å². The quantitative estimate of drug-likeness (QED) is 0.676. The Labute approximate surface area is 124 Å². The van der Waals surface area contributed by atoms with Crippen LogP contribution in [0, 0.1) is 0 Å². The predicted octanol–water partition coefficient (Wildman–Crippen LogP) is 2.25. The summed E-state index contributed by atoms with van der Waals surface area (Å²) in [7, 11) is 0. The van der Waals surface area contributed by atoms with Crippen LogP contribution >= 0.6 is 0 Å². The highest BCUT2D eigenvalue weighted by Crippen LogP contribution is 2.08. The number of hydrogen-bond acceptors (Lipinski definition) is 3. The molecule has 0 saturated carbocycles. The van der Waals surface area contributed by atoms with Crippen molar-refractivity contribution in [2.24, 2.45) is 0 Å². The molecule has 0 spiro atoms. The van der Waals surface area contributed by atoms with E-state index in [4.69, 9.17) is 0 Å². The van der Waals surface area contributed by atoms with E-state index in [9.17, 15) is 0 Å². The number of benzene rings is 1. The zero-order valence-corrected chi connectivity index (χ0v) is 11.9. The number of nitrogens with one attached hydrogen (secondary N) is 1. The zero-order chi connectivity index (χ0) is 14.3. The van der Waals surface area contributed by atoms with Crippen molar-refractivity contribution in [2.45, 2.75) is 19.5 Å². The highest BCUT2D eigenvalue weighted by atomic mass is 15.3. The van der Waals surface area contributed by atoms with Crippen LogP contribution in [-0.2, 0) is 13.1 Å². The fourth-order valence-corrected chi connectivity index (χ4v) is 2.23. The lowest BCUT2D eigenvalue weighted by atomic mass is 10.2. The second kappa shape index (κ2) is 6.85. The van der Waals surface area contributed by atoms with Gasteiger partial charge in [0.1, 0.15) is 0 Å². The Bertz CT molecular complexity index is 626. The van der Waals surface area contributed by atoms with Gasteiger partial charge in [0.2, 0.25) is 0 Å². The summed E-state index contributed by atoms with van der Waals surface area (Å²) in [6.45, 7) is 2.90. The van der Waals surface area contributed by atoms with Crippen molar-refractivity contribution < 1.29 is 0 Å². The molecule has 0 saturated heterocycles. The molecule has 1 aromatic carbocycles. The maximum Gasteiger partial charge on any atom is 0.0945 e. The molecule has 0 atom stereocenters. The Hall–Kier alpha value is -2.40. The van der Waals surface area contributed by atoms with Crippen molar-refractivity contribution in [1.82, 2.24) is 24.6 Å². The number of aryl methyl sites for hydroxylation is 1. The van der Waals surface area contributed by atoms with E-state index in [0.29, 0.717) is 0 Å². The zero-order valence-electron chi connectivity index (χ0n) is 11.9. The number of imidazole rings is 1. The fraction of sp³-hybridized carbons (Fsp3) is 0.250. The molecule has 0 amide bonds. The first-order chi connectivity index (χ1) is 10.4. The molecule has 0 aliphatic rings. The molecule has 0 bridgehead atoms. The Morgan fingerprint density at radius 1 is 1.05 bits per heavy atom. The van der Waals surface area contributed by atoms with Crippen molar-refractivity contribution >= 4 is 0 Å². The lowest BCUT2D eigenvalue weighted by Gasteiger charge is -2.07. The number of nitrogens with zero attached hydrogens (tertiary/aromatic N) is 4. The molecule has 1 N–H and O–H groups in total. The topological polar surface area (TPSA) is 47.7 Å². The fourth-order valence-electron chi connectivity index (χ4n) is 2.23. The molecule has 0 fully saturated rings. The molecular weight excluding hydrogens is 262 g/mol. The molecule has 2 heterocycles. The molecule has 3 aromatic rings. The average molecular weight is 281 g/mol. The Morgan fingerprint density at radius 2 is 1.95 bits per heavy atom. The Kier molecular flexibility index (Phi) is 4.43. The largest absolute Gasteiger partial charge is 0.337 e. The monoisotopic (exact) mass is 281 g/mol. The van der Waals surface area contributed by atoms with Gasteiger partial charge in [-0.15, -0.1) is 0 Å². The SMILES string of the molecule is c1cnn(-c2ccc(CNCCCn3ccnc3)cc2)c1. The molecular formula is C16H19N5. The summed E-state index contributed by atoms with van der Waals surface area (Å²) in [6.07, 6.45) is 10.5. The van der Waals surface area contributed by atoms with E-state index in [0.717, 1.165) is 31.7 Å². The van der Waals surface area contributed by atoms with E-state index < -0.39 is 0 Å². The van der Waals surface area contributed by atoms with Crippen molar-refractivity contribution in [1.29, 1.82) is 0 Å². The first kappa shape index (κ1) is 13.6. The molecule has 0 unspecified atom stereocenters. The van der Waals surface area contributed by atoms with Crippen LogP contribution in [0.1, 0.15) is 12.0 Å². The summed E-state index contributed by atoms with van der Waals surface area (Å²) in [5, 5.41) is 7.68. The van der Waals surface area contributed by atoms with E-state index in [1.807, 2.05) is 35.7 Å². The minimum Gasteiger partial charge on any atom is -0.337 e. The summed E-state index contributed by atoms with van der Waals surface area (Å²) < 4.78 is 3.96. The molecule has 2 aromatic heterocycles. The summed E-state index contributed by atoms with van der Waals surface area (Å²) in [6, 6.07) is 10.4. The third kappa shape index (κ3) is 3.79. The summed E-state index contributed by atoms with van der Waals surface area (Å²) >= 11 is 0. The number of aromatic nitrogens is 4. The Morgan fingerprint density at radius 3 is 2.67 bits per heavy atom.